The molecule has 200 valence electrons. The van der Waals surface area contributed by atoms with Crippen LogP contribution in [-0.2, 0) is 19.6 Å². The number of nitrogens with zero attached hydrogens (tertiary/aromatic N) is 1. The first kappa shape index (κ1) is 27.2. The largest absolute Gasteiger partial charge is 0.456 e. The number of carbonyl (C=O) groups is 1. The second kappa shape index (κ2) is 8.89. The molecule has 0 amide bonds. The van der Waals surface area contributed by atoms with E-state index in [1.807, 2.05) is 40.7 Å². The van der Waals surface area contributed by atoms with Gasteiger partial charge >= 0.3 is 12.1 Å². The van der Waals surface area contributed by atoms with Gasteiger partial charge in [0.25, 0.3) is 10.0 Å². The Morgan fingerprint density at radius 2 is 1.62 bits per heavy atom. The number of benzene rings is 2. The smallest absolute Gasteiger partial charge is 0.422 e. The summed E-state index contributed by atoms with van der Waals surface area (Å²) in [6.07, 6.45) is -4.84. The molecule has 37 heavy (non-hydrogen) atoms. The number of carbonyl (C=O) groups excluding carboxylic acids is 1. The zero-order valence-corrected chi connectivity index (χ0v) is 22.4. The van der Waals surface area contributed by atoms with Gasteiger partial charge in [0.2, 0.25) is 0 Å². The number of anilines is 1. The van der Waals surface area contributed by atoms with Crippen LogP contribution in [0.1, 0.15) is 44.7 Å². The summed E-state index contributed by atoms with van der Waals surface area (Å²) < 4.78 is 75.4. The van der Waals surface area contributed by atoms with E-state index in [-0.39, 0.29) is 10.8 Å². The fourth-order valence-corrected chi connectivity index (χ4v) is 7.99. The van der Waals surface area contributed by atoms with Gasteiger partial charge in [-0.15, -0.1) is 0 Å². The number of alkyl halides is 3. The summed E-state index contributed by atoms with van der Waals surface area (Å²) >= 11 is 0. The average molecular weight is 536 g/mol. The molecule has 0 heterocycles. The maximum absolute atomic E-state index is 14.2. The van der Waals surface area contributed by atoms with Crippen LogP contribution < -0.4 is 4.31 Å². The van der Waals surface area contributed by atoms with Gasteiger partial charge in [-0.05, 0) is 73.4 Å². The van der Waals surface area contributed by atoms with Crippen molar-refractivity contribution in [2.24, 2.45) is 16.7 Å². The van der Waals surface area contributed by atoms with Crippen molar-refractivity contribution in [1.29, 1.82) is 0 Å². The standard InChI is InChI=1S/C28H32F3NO4S/c1-17-14-18(2)16-20(15-17)32(37(34,35)21-10-8-7-9-11-21)23-22-12-13-27(6,26(22,4)5)24(23)36-25(33)19(3)28(29,30)31/h7-11,14-16,22-24H,3,12-13H2,1-2,4-6H3/t22-,23-,24-,27+/m1/s1. The molecule has 2 aliphatic carbocycles. The maximum Gasteiger partial charge on any atom is 0.422 e. The highest BCUT2D eigenvalue weighted by Gasteiger charge is 2.70. The number of hydrogen-bond donors (Lipinski definition) is 0. The quantitative estimate of drug-likeness (QED) is 0.319. The molecule has 0 N–H and O–H groups in total. The van der Waals surface area contributed by atoms with Crippen LogP contribution in [0, 0.1) is 30.6 Å². The second-order valence-corrected chi connectivity index (χ2v) is 12.9. The molecule has 0 saturated heterocycles. The van der Waals surface area contributed by atoms with Gasteiger partial charge in [-0.3, -0.25) is 4.31 Å². The highest BCUT2D eigenvalue weighted by molar-refractivity contribution is 7.92. The molecule has 9 heteroatoms. The average Bonchev–Trinajstić information content (AvgIpc) is 3.11. The second-order valence-electron chi connectivity index (χ2n) is 11.0. The lowest BCUT2D eigenvalue weighted by Gasteiger charge is -2.43. The molecular weight excluding hydrogens is 503 g/mol. The molecule has 4 atom stereocenters. The van der Waals surface area contributed by atoms with Gasteiger partial charge in [-0.2, -0.15) is 13.2 Å². The molecule has 2 bridgehead atoms. The van der Waals surface area contributed by atoms with Crippen molar-refractivity contribution in [3.05, 3.63) is 71.8 Å². The van der Waals surface area contributed by atoms with E-state index in [9.17, 15) is 26.4 Å². The van der Waals surface area contributed by atoms with Crippen LogP contribution in [0.4, 0.5) is 18.9 Å². The van der Waals surface area contributed by atoms with E-state index in [1.165, 1.54) is 16.4 Å². The molecule has 2 aromatic rings. The lowest BCUT2D eigenvalue weighted by atomic mass is 9.70. The minimum Gasteiger partial charge on any atom is -0.456 e. The summed E-state index contributed by atoms with van der Waals surface area (Å²) in [5.74, 6) is -1.85. The molecular formula is C28H32F3NO4S. The monoisotopic (exact) mass is 535 g/mol. The van der Waals surface area contributed by atoms with E-state index in [0.717, 1.165) is 11.1 Å². The van der Waals surface area contributed by atoms with E-state index < -0.39 is 50.7 Å². The van der Waals surface area contributed by atoms with Gasteiger partial charge in [0.15, 0.2) is 0 Å². The summed E-state index contributed by atoms with van der Waals surface area (Å²) in [5.41, 5.74) is -0.848. The van der Waals surface area contributed by atoms with Gasteiger partial charge in [0.1, 0.15) is 11.7 Å². The number of halogens is 3. The highest BCUT2D eigenvalue weighted by atomic mass is 32.2. The van der Waals surface area contributed by atoms with Crippen LogP contribution in [0.15, 0.2) is 65.6 Å². The van der Waals surface area contributed by atoms with Gasteiger partial charge < -0.3 is 4.74 Å². The predicted molar refractivity (Wildman–Crippen MR) is 135 cm³/mol. The Morgan fingerprint density at radius 3 is 2.16 bits per heavy atom. The van der Waals surface area contributed by atoms with Crippen molar-refractivity contribution >= 4 is 21.7 Å². The Balaban J connectivity index is 1.93. The van der Waals surface area contributed by atoms with Crippen molar-refractivity contribution in [3.63, 3.8) is 0 Å². The Labute approximate surface area is 216 Å². The summed E-state index contributed by atoms with van der Waals surface area (Å²) in [6.45, 7) is 12.4. The van der Waals surface area contributed by atoms with Crippen LogP contribution in [-0.4, -0.2) is 32.7 Å². The first-order chi connectivity index (χ1) is 17.0. The number of ether oxygens (including phenoxy) is 1. The normalized spacial score (nSPS) is 26.6. The lowest BCUT2D eigenvalue weighted by molar-refractivity contribution is -0.163. The SMILES string of the molecule is C=C(C(=O)O[C@@H]1[C@H](N(c2cc(C)cc(C)c2)S(=O)(=O)c2ccccc2)[C@H]2CC[C@]1(C)C2(C)C)C(F)(F)F. The highest BCUT2D eigenvalue weighted by Crippen LogP contribution is 2.68. The first-order valence-corrected chi connectivity index (χ1v) is 13.6. The minimum absolute atomic E-state index is 0.0460. The number of sulfonamides is 1. The third kappa shape index (κ3) is 4.35. The van der Waals surface area contributed by atoms with Gasteiger partial charge in [-0.1, -0.05) is 51.6 Å². The van der Waals surface area contributed by atoms with E-state index in [1.54, 1.807) is 30.3 Å². The van der Waals surface area contributed by atoms with Gasteiger partial charge in [0, 0.05) is 5.41 Å². The zero-order chi connectivity index (χ0) is 27.6. The Morgan fingerprint density at radius 1 is 1.05 bits per heavy atom. The molecule has 0 spiro atoms. The molecule has 0 radical (unpaired) electrons. The number of hydrogen-bond acceptors (Lipinski definition) is 4. The predicted octanol–water partition coefficient (Wildman–Crippen LogP) is 6.35. The van der Waals surface area contributed by atoms with Crippen LogP contribution in [0.2, 0.25) is 0 Å². The lowest BCUT2D eigenvalue weighted by Crippen LogP contribution is -2.54. The fourth-order valence-electron chi connectivity index (χ4n) is 6.30. The maximum atomic E-state index is 14.2. The molecule has 5 nitrogen and oxygen atoms in total. The van der Waals surface area contributed by atoms with E-state index in [0.29, 0.717) is 18.5 Å². The minimum atomic E-state index is -4.95. The van der Waals surface area contributed by atoms with E-state index >= 15 is 0 Å². The molecule has 0 unspecified atom stereocenters. The van der Waals surface area contributed by atoms with E-state index in [2.05, 4.69) is 6.58 Å². The zero-order valence-electron chi connectivity index (χ0n) is 21.6. The number of fused-ring (bicyclic) bond motifs is 2. The Hall–Kier alpha value is -2.81. The molecule has 2 aliphatic rings. The molecule has 2 fully saturated rings. The molecule has 2 aromatic carbocycles. The molecule has 2 saturated carbocycles. The van der Waals surface area contributed by atoms with Crippen molar-refractivity contribution in [1.82, 2.24) is 0 Å². The molecule has 0 aromatic heterocycles. The number of rotatable bonds is 6. The van der Waals surface area contributed by atoms with Crippen LogP contribution in [0.5, 0.6) is 0 Å². The molecule has 0 aliphatic heterocycles. The summed E-state index contributed by atoms with van der Waals surface area (Å²) in [7, 11) is -4.19. The van der Waals surface area contributed by atoms with Crippen molar-refractivity contribution in [2.45, 2.75) is 70.7 Å². The van der Waals surface area contributed by atoms with Crippen molar-refractivity contribution in [2.75, 3.05) is 4.31 Å². The fraction of sp³-hybridized carbons (Fsp3) is 0.464. The molecule has 4 rings (SSSR count). The third-order valence-corrected chi connectivity index (χ3v) is 10.4. The van der Waals surface area contributed by atoms with Crippen LogP contribution >= 0.6 is 0 Å². The third-order valence-electron chi connectivity index (χ3n) is 8.58. The topological polar surface area (TPSA) is 63.7 Å². The van der Waals surface area contributed by atoms with Crippen molar-refractivity contribution < 1.29 is 31.1 Å². The summed E-state index contributed by atoms with van der Waals surface area (Å²) in [4.78, 5) is 12.7. The van der Waals surface area contributed by atoms with Crippen LogP contribution in [0.25, 0.3) is 0 Å². The Kier molecular flexibility index (Phi) is 6.54. The summed E-state index contributed by atoms with van der Waals surface area (Å²) in [6, 6.07) is 12.4. The van der Waals surface area contributed by atoms with Gasteiger partial charge in [0.05, 0.1) is 16.6 Å². The number of esters is 1. The van der Waals surface area contributed by atoms with Gasteiger partial charge in [-0.25, -0.2) is 13.2 Å². The first-order valence-electron chi connectivity index (χ1n) is 12.2. The van der Waals surface area contributed by atoms with Crippen molar-refractivity contribution in [3.8, 4) is 0 Å². The number of aryl methyl sites for hydroxylation is 2. The van der Waals surface area contributed by atoms with Crippen LogP contribution in [0.3, 0.4) is 0 Å². The van der Waals surface area contributed by atoms with E-state index in [4.69, 9.17) is 4.74 Å². The Bertz CT molecular complexity index is 1320. The summed E-state index contributed by atoms with van der Waals surface area (Å²) in [5, 5.41) is 0.